The number of nitrogens with zero attached hydrogens (tertiary/aromatic N) is 2. The van der Waals surface area contributed by atoms with Crippen LogP contribution in [0.2, 0.25) is 0 Å². The highest BCUT2D eigenvalue weighted by Gasteiger charge is 2.27. The van der Waals surface area contributed by atoms with Crippen LogP contribution in [0.5, 0.6) is 0 Å². The lowest BCUT2D eigenvalue weighted by Gasteiger charge is -2.16. The van der Waals surface area contributed by atoms with E-state index in [0.29, 0.717) is 24.0 Å². The van der Waals surface area contributed by atoms with Gasteiger partial charge in [-0.25, -0.2) is 0 Å². The second-order valence-corrected chi connectivity index (χ2v) is 6.02. The molecule has 118 valence electrons. The molecule has 1 aliphatic rings. The summed E-state index contributed by atoms with van der Waals surface area (Å²) in [5.41, 5.74) is 6.29. The number of likely N-dealkylation sites (N-methyl/N-ethyl adjacent to an activating group) is 1. The number of methoxy groups -OCH3 is 1. The van der Waals surface area contributed by atoms with Crippen molar-refractivity contribution in [2.24, 2.45) is 0 Å². The minimum absolute atomic E-state index is 0.126. The number of hydrogen-bond donors (Lipinski definition) is 3. The number of nitrogens with one attached hydrogen (secondary N) is 2. The molecule has 1 aromatic rings. The van der Waals surface area contributed by atoms with Gasteiger partial charge in [0.2, 0.25) is 0 Å². The van der Waals surface area contributed by atoms with E-state index in [1.807, 2.05) is 7.05 Å². The summed E-state index contributed by atoms with van der Waals surface area (Å²) >= 11 is 1.23. The Morgan fingerprint density at radius 2 is 2.29 bits per heavy atom. The van der Waals surface area contributed by atoms with Gasteiger partial charge in [0, 0.05) is 32.8 Å². The molecule has 1 aromatic heterocycles. The molecule has 0 aromatic carbocycles. The van der Waals surface area contributed by atoms with Crippen LogP contribution in [0.4, 0.5) is 10.8 Å². The van der Waals surface area contributed by atoms with Gasteiger partial charge in [-0.2, -0.15) is 4.37 Å². The Morgan fingerprint density at radius 3 is 2.95 bits per heavy atom. The summed E-state index contributed by atoms with van der Waals surface area (Å²) in [7, 11) is 3.72. The van der Waals surface area contributed by atoms with E-state index in [2.05, 4.69) is 19.9 Å². The number of carbonyl (C=O) groups is 1. The van der Waals surface area contributed by atoms with Gasteiger partial charge in [0.15, 0.2) is 5.82 Å². The number of hydrogen-bond acceptors (Lipinski definition) is 7. The van der Waals surface area contributed by atoms with Crippen molar-refractivity contribution in [3.63, 3.8) is 0 Å². The van der Waals surface area contributed by atoms with E-state index in [1.165, 1.54) is 11.5 Å². The van der Waals surface area contributed by atoms with Gasteiger partial charge in [0.25, 0.3) is 5.91 Å². The normalized spacial score (nSPS) is 14.4. The lowest BCUT2D eigenvalue weighted by molar-refractivity contribution is 0.0953. The van der Waals surface area contributed by atoms with E-state index in [4.69, 9.17) is 10.5 Å². The number of rotatable bonds is 9. The second kappa shape index (κ2) is 7.58. The van der Waals surface area contributed by atoms with E-state index in [9.17, 15) is 4.79 Å². The lowest BCUT2D eigenvalue weighted by atomic mass is 10.3. The van der Waals surface area contributed by atoms with Crippen molar-refractivity contribution in [1.29, 1.82) is 0 Å². The Labute approximate surface area is 129 Å². The average molecular weight is 313 g/mol. The smallest absolute Gasteiger partial charge is 0.258 e. The number of nitrogens with two attached hydrogens (primary N) is 1. The fourth-order valence-electron chi connectivity index (χ4n) is 1.85. The number of ether oxygens (including phenoxy) is 1. The van der Waals surface area contributed by atoms with Crippen molar-refractivity contribution in [1.82, 2.24) is 14.6 Å². The molecular weight excluding hydrogens is 290 g/mol. The molecule has 21 heavy (non-hydrogen) atoms. The van der Waals surface area contributed by atoms with Crippen molar-refractivity contribution < 1.29 is 9.53 Å². The van der Waals surface area contributed by atoms with Crippen LogP contribution < -0.4 is 16.4 Å². The van der Waals surface area contributed by atoms with E-state index < -0.39 is 0 Å². The third kappa shape index (κ3) is 4.83. The van der Waals surface area contributed by atoms with Crippen LogP contribution in [0.15, 0.2) is 0 Å². The molecule has 7 nitrogen and oxygen atoms in total. The summed E-state index contributed by atoms with van der Waals surface area (Å²) in [5, 5.41) is 6.94. The molecule has 0 spiro atoms. The van der Waals surface area contributed by atoms with Gasteiger partial charge in [-0.05, 0) is 31.4 Å². The van der Waals surface area contributed by atoms with Crippen molar-refractivity contribution in [2.45, 2.75) is 18.9 Å². The third-order valence-corrected chi connectivity index (χ3v) is 4.13. The van der Waals surface area contributed by atoms with Crippen LogP contribution in [0.1, 0.15) is 23.2 Å². The van der Waals surface area contributed by atoms with Gasteiger partial charge >= 0.3 is 0 Å². The molecule has 1 aliphatic carbocycles. The van der Waals surface area contributed by atoms with Gasteiger partial charge in [0.05, 0.1) is 6.61 Å². The molecule has 1 saturated carbocycles. The van der Waals surface area contributed by atoms with E-state index in [0.717, 1.165) is 37.5 Å². The average Bonchev–Trinajstić information content (AvgIpc) is 3.18. The largest absolute Gasteiger partial charge is 0.383 e. The van der Waals surface area contributed by atoms with Crippen LogP contribution in [0.25, 0.3) is 0 Å². The van der Waals surface area contributed by atoms with Crippen molar-refractivity contribution in [2.75, 3.05) is 51.4 Å². The minimum Gasteiger partial charge on any atom is -0.383 e. The van der Waals surface area contributed by atoms with Crippen molar-refractivity contribution in [3.05, 3.63) is 5.56 Å². The van der Waals surface area contributed by atoms with Gasteiger partial charge in [-0.3, -0.25) is 4.79 Å². The third-order valence-electron chi connectivity index (χ3n) is 3.31. The Bertz CT molecular complexity index is 475. The molecule has 0 radical (unpaired) electrons. The summed E-state index contributed by atoms with van der Waals surface area (Å²) in [6.45, 7) is 3.16. The maximum absolute atomic E-state index is 12.1. The molecule has 0 saturated heterocycles. The van der Waals surface area contributed by atoms with E-state index >= 15 is 0 Å². The number of amides is 1. The monoisotopic (exact) mass is 313 g/mol. The van der Waals surface area contributed by atoms with Gasteiger partial charge in [-0.1, -0.05) is 0 Å². The van der Waals surface area contributed by atoms with Crippen LogP contribution in [-0.2, 0) is 4.74 Å². The molecule has 4 N–H and O–H groups in total. The van der Waals surface area contributed by atoms with Crippen molar-refractivity contribution >= 4 is 28.3 Å². The molecule has 8 heteroatoms. The minimum atomic E-state index is -0.126. The zero-order valence-electron chi connectivity index (χ0n) is 12.5. The number of anilines is 2. The maximum Gasteiger partial charge on any atom is 0.258 e. The van der Waals surface area contributed by atoms with E-state index in [-0.39, 0.29) is 5.91 Å². The first-order chi connectivity index (χ1) is 10.1. The number of nitrogen functional groups attached to an aromatic ring is 1. The fraction of sp³-hybridized carbons (Fsp3) is 0.692. The Kier molecular flexibility index (Phi) is 5.77. The lowest BCUT2D eigenvalue weighted by Crippen LogP contribution is -2.29. The first-order valence-corrected chi connectivity index (χ1v) is 7.86. The summed E-state index contributed by atoms with van der Waals surface area (Å²) in [5.74, 6) is 0.173. The summed E-state index contributed by atoms with van der Waals surface area (Å²) in [6, 6.07) is 0.310. The summed E-state index contributed by atoms with van der Waals surface area (Å²) in [6.07, 6.45) is 2.10. The van der Waals surface area contributed by atoms with Crippen LogP contribution >= 0.6 is 11.5 Å². The van der Waals surface area contributed by atoms with E-state index in [1.54, 1.807) is 7.11 Å². The Hall–Kier alpha value is -1.38. The predicted octanol–water partition coefficient (Wildman–Crippen LogP) is 0.608. The summed E-state index contributed by atoms with van der Waals surface area (Å²) < 4.78 is 9.11. The van der Waals surface area contributed by atoms with Gasteiger partial charge in [0.1, 0.15) is 10.6 Å². The molecule has 0 bridgehead atoms. The van der Waals surface area contributed by atoms with Crippen molar-refractivity contribution in [3.8, 4) is 0 Å². The zero-order valence-corrected chi connectivity index (χ0v) is 13.3. The maximum atomic E-state index is 12.1. The standard InChI is InChI=1S/C13H23N5O2S/c1-18(7-8-20-2)6-5-15-13-10(11(14)17-21-13)12(19)16-9-3-4-9/h9,15H,3-8H2,1-2H3,(H2,14,17)(H,16,19). The highest BCUT2D eigenvalue weighted by molar-refractivity contribution is 7.11. The number of aromatic nitrogens is 1. The highest BCUT2D eigenvalue weighted by Crippen LogP contribution is 2.28. The second-order valence-electron chi connectivity index (χ2n) is 5.24. The SMILES string of the molecule is COCCN(C)CCNc1snc(N)c1C(=O)NC1CC1. The topological polar surface area (TPSA) is 92.5 Å². The Balaban J connectivity index is 1.83. The van der Waals surface area contributed by atoms with Crippen LogP contribution in [0.3, 0.4) is 0 Å². The molecule has 0 atom stereocenters. The zero-order chi connectivity index (χ0) is 15.2. The molecular formula is C13H23N5O2S. The fourth-order valence-corrected chi connectivity index (χ4v) is 2.58. The molecule has 1 fully saturated rings. The molecule has 2 rings (SSSR count). The van der Waals surface area contributed by atoms with Crippen LogP contribution in [-0.4, -0.2) is 61.6 Å². The first kappa shape index (κ1) is 16.0. The molecule has 1 heterocycles. The summed E-state index contributed by atoms with van der Waals surface area (Å²) in [4.78, 5) is 14.3. The molecule has 1 amide bonds. The van der Waals surface area contributed by atoms with Gasteiger partial charge < -0.3 is 26.0 Å². The predicted molar refractivity (Wildman–Crippen MR) is 84.9 cm³/mol. The highest BCUT2D eigenvalue weighted by atomic mass is 32.1. The first-order valence-electron chi connectivity index (χ1n) is 7.09. The molecule has 0 aliphatic heterocycles. The molecule has 0 unspecified atom stereocenters. The van der Waals surface area contributed by atoms with Crippen LogP contribution in [0, 0.1) is 0 Å². The number of carbonyl (C=O) groups excluding carboxylic acids is 1. The Morgan fingerprint density at radius 1 is 1.52 bits per heavy atom. The quantitative estimate of drug-likeness (QED) is 0.618. The van der Waals surface area contributed by atoms with Gasteiger partial charge in [-0.15, -0.1) is 0 Å².